The molecule has 202 valence electrons. The van der Waals surface area contributed by atoms with Gasteiger partial charge in [0.05, 0.1) is 0 Å². The first-order valence-electron chi connectivity index (χ1n) is 13.9. The van der Waals surface area contributed by atoms with Crippen LogP contribution in [0.2, 0.25) is 0 Å². The van der Waals surface area contributed by atoms with E-state index >= 15 is 0 Å². The second-order valence-electron chi connectivity index (χ2n) is 11.4. The van der Waals surface area contributed by atoms with E-state index in [0.29, 0.717) is 12.1 Å². The van der Waals surface area contributed by atoms with Crippen molar-refractivity contribution in [2.45, 2.75) is 47.5 Å². The minimum absolute atomic E-state index is 0.263. The average Bonchev–Trinajstić information content (AvgIpc) is 3.29. The highest BCUT2D eigenvalue weighted by atomic mass is 31.2. The van der Waals surface area contributed by atoms with Gasteiger partial charge in [-0.1, -0.05) is 94.7 Å². The molecule has 2 unspecified atom stereocenters. The molecule has 0 saturated carbocycles. The van der Waals surface area contributed by atoms with E-state index in [4.69, 9.17) is 0 Å². The maximum Gasteiger partial charge on any atom is 0.146 e. The second-order valence-corrected chi connectivity index (χ2v) is 14.3. The van der Waals surface area contributed by atoms with Crippen LogP contribution in [-0.4, -0.2) is 6.16 Å². The van der Waals surface area contributed by atoms with Crippen LogP contribution in [-0.2, 0) is 11.0 Å². The zero-order chi connectivity index (χ0) is 28.2. The molecule has 1 heterocycles. The third-order valence-corrected chi connectivity index (χ3v) is 11.0. The van der Waals surface area contributed by atoms with E-state index in [1.807, 2.05) is 44.2 Å². The molecule has 0 amide bonds. The van der Waals surface area contributed by atoms with Gasteiger partial charge in [-0.05, 0) is 84.7 Å². The lowest BCUT2D eigenvalue weighted by atomic mass is 9.76. The molecule has 39 heavy (non-hydrogen) atoms. The van der Waals surface area contributed by atoms with Gasteiger partial charge in [-0.25, -0.2) is 0 Å². The number of anilines is 2. The number of allylic oxidation sites excluding steroid dienone is 12. The smallest absolute Gasteiger partial charge is 0.146 e. The number of fused-ring (bicyclic) bond motifs is 1. The molecule has 1 aliphatic heterocycles. The van der Waals surface area contributed by atoms with Gasteiger partial charge in [0.1, 0.15) is 7.14 Å². The standard InChI is InChI=1S/C36H42NOP/c1-8-12-23-39(38,33(10-3)11-4)34-21-22-35-29(26-34)25-31(14-9-2)37(35)32-16-13-15-28(24-32)27-17-19-30(20-18-27)36(5,6)7/h8-19,21-22,24,26,30H,2-3,20,23,25H2,1,4-7H3/b12-8-,31-14+,33-11+. The Morgan fingerprint density at radius 1 is 1.13 bits per heavy atom. The highest BCUT2D eigenvalue weighted by Gasteiger charge is 2.31. The first-order valence-corrected chi connectivity index (χ1v) is 15.8. The molecule has 1 aliphatic carbocycles. The van der Waals surface area contributed by atoms with Crippen LogP contribution >= 0.6 is 7.14 Å². The molecular weight excluding hydrogens is 493 g/mol. The molecule has 0 bridgehead atoms. The molecule has 0 N–H and O–H groups in total. The van der Waals surface area contributed by atoms with Crippen molar-refractivity contribution in [1.82, 2.24) is 0 Å². The quantitative estimate of drug-likeness (QED) is 0.190. The van der Waals surface area contributed by atoms with Crippen LogP contribution in [0.3, 0.4) is 0 Å². The summed E-state index contributed by atoms with van der Waals surface area (Å²) < 4.78 is 14.4. The molecule has 2 aromatic rings. The largest absolute Gasteiger partial charge is 0.314 e. The van der Waals surface area contributed by atoms with Gasteiger partial charge < -0.3 is 9.46 Å². The van der Waals surface area contributed by atoms with Crippen LogP contribution in [0.15, 0.2) is 121 Å². The van der Waals surface area contributed by atoms with Crippen LogP contribution in [0.4, 0.5) is 11.4 Å². The molecule has 0 radical (unpaired) electrons. The molecule has 0 saturated heterocycles. The number of hydrogen-bond acceptors (Lipinski definition) is 2. The third-order valence-electron chi connectivity index (χ3n) is 7.86. The number of rotatable bonds is 8. The maximum atomic E-state index is 14.4. The van der Waals surface area contributed by atoms with Gasteiger partial charge in [-0.2, -0.15) is 0 Å². The first kappa shape index (κ1) is 28.7. The lowest BCUT2D eigenvalue weighted by molar-refractivity contribution is 0.294. The SMILES string of the molecule is C=C/C=C1\Cc2cc(P(=O)(C/C=C\C)/C(C=C)=C/C)ccc2N1c1cccc(C2=CCC(C(C)(C)C)C=C2)c1. The molecule has 2 aromatic carbocycles. The summed E-state index contributed by atoms with van der Waals surface area (Å²) in [5.74, 6) is 0.555. The van der Waals surface area contributed by atoms with Gasteiger partial charge >= 0.3 is 0 Å². The molecule has 2 nitrogen and oxygen atoms in total. The van der Waals surface area contributed by atoms with E-state index in [-0.39, 0.29) is 5.41 Å². The van der Waals surface area contributed by atoms with Crippen molar-refractivity contribution in [3.05, 3.63) is 132 Å². The van der Waals surface area contributed by atoms with Gasteiger partial charge in [-0.3, -0.25) is 0 Å². The number of hydrogen-bond donors (Lipinski definition) is 0. The summed E-state index contributed by atoms with van der Waals surface area (Å²) >= 11 is 0. The van der Waals surface area contributed by atoms with Gasteiger partial charge in [0.2, 0.25) is 0 Å². The summed E-state index contributed by atoms with van der Waals surface area (Å²) in [4.78, 5) is 2.32. The Kier molecular flexibility index (Phi) is 8.67. The first-order chi connectivity index (χ1) is 18.7. The second kappa shape index (κ2) is 11.8. The molecule has 2 aliphatic rings. The number of nitrogens with zero attached hydrogens (tertiary/aromatic N) is 1. The van der Waals surface area contributed by atoms with E-state index in [0.717, 1.165) is 40.5 Å². The number of benzene rings is 2. The van der Waals surface area contributed by atoms with Crippen LogP contribution < -0.4 is 10.2 Å². The Hall–Kier alpha value is -3.35. The summed E-state index contributed by atoms with van der Waals surface area (Å²) in [6.07, 6.45) is 20.9. The zero-order valence-electron chi connectivity index (χ0n) is 24.2. The Bertz CT molecular complexity index is 1460. The Morgan fingerprint density at radius 2 is 1.92 bits per heavy atom. The predicted molar refractivity (Wildman–Crippen MR) is 173 cm³/mol. The fraction of sp³-hybridized carbons (Fsp3) is 0.278. The van der Waals surface area contributed by atoms with Crippen LogP contribution in [0.25, 0.3) is 5.57 Å². The zero-order valence-corrected chi connectivity index (χ0v) is 25.0. The lowest BCUT2D eigenvalue weighted by Crippen LogP contribution is -2.19. The minimum atomic E-state index is -2.82. The van der Waals surface area contributed by atoms with E-state index in [1.54, 1.807) is 6.08 Å². The van der Waals surface area contributed by atoms with Crippen LogP contribution in [0.5, 0.6) is 0 Å². The molecule has 0 fully saturated rings. The van der Waals surface area contributed by atoms with Crippen molar-refractivity contribution in [1.29, 1.82) is 0 Å². The summed E-state index contributed by atoms with van der Waals surface area (Å²) in [6.45, 7) is 18.8. The monoisotopic (exact) mass is 535 g/mol. The highest BCUT2D eigenvalue weighted by molar-refractivity contribution is 7.75. The fourth-order valence-electron chi connectivity index (χ4n) is 5.55. The van der Waals surface area contributed by atoms with Crippen molar-refractivity contribution in [2.75, 3.05) is 11.1 Å². The molecular formula is C36H42NOP. The van der Waals surface area contributed by atoms with E-state index in [2.05, 4.69) is 99.5 Å². The summed E-state index contributed by atoms with van der Waals surface area (Å²) in [7, 11) is -2.82. The van der Waals surface area contributed by atoms with E-state index in [1.165, 1.54) is 16.7 Å². The lowest BCUT2D eigenvalue weighted by Gasteiger charge is -2.29. The Morgan fingerprint density at radius 3 is 2.54 bits per heavy atom. The minimum Gasteiger partial charge on any atom is -0.314 e. The molecule has 3 heteroatoms. The van der Waals surface area contributed by atoms with Gasteiger partial charge in [-0.15, -0.1) is 0 Å². The Balaban J connectivity index is 1.74. The normalized spacial score (nSPS) is 20.2. The fourth-order valence-corrected chi connectivity index (χ4v) is 8.17. The molecule has 2 atom stereocenters. The Labute approximate surface area is 235 Å². The summed E-state index contributed by atoms with van der Waals surface area (Å²) in [5.41, 5.74) is 7.34. The maximum absolute atomic E-state index is 14.4. The van der Waals surface area contributed by atoms with Crippen molar-refractivity contribution in [3.8, 4) is 0 Å². The van der Waals surface area contributed by atoms with Crippen molar-refractivity contribution >= 4 is 29.4 Å². The van der Waals surface area contributed by atoms with E-state index < -0.39 is 7.14 Å². The predicted octanol–water partition coefficient (Wildman–Crippen LogP) is 10.1. The molecule has 0 aromatic heterocycles. The van der Waals surface area contributed by atoms with Gasteiger partial charge in [0, 0.05) is 40.3 Å². The average molecular weight is 536 g/mol. The third kappa shape index (κ3) is 5.82. The molecule has 0 spiro atoms. The van der Waals surface area contributed by atoms with Crippen molar-refractivity contribution < 1.29 is 4.57 Å². The van der Waals surface area contributed by atoms with Crippen LogP contribution in [0, 0.1) is 11.3 Å². The van der Waals surface area contributed by atoms with Crippen LogP contribution in [0.1, 0.15) is 52.2 Å². The topological polar surface area (TPSA) is 20.3 Å². The summed E-state index contributed by atoms with van der Waals surface area (Å²) in [5, 5.41) is 1.69. The highest BCUT2D eigenvalue weighted by Crippen LogP contribution is 2.54. The van der Waals surface area contributed by atoms with Crippen molar-refractivity contribution in [3.63, 3.8) is 0 Å². The van der Waals surface area contributed by atoms with Gasteiger partial charge in [0.15, 0.2) is 0 Å². The molecule has 4 rings (SSSR count). The van der Waals surface area contributed by atoms with E-state index in [9.17, 15) is 4.57 Å². The van der Waals surface area contributed by atoms with Gasteiger partial charge in [0.25, 0.3) is 0 Å². The summed E-state index contributed by atoms with van der Waals surface area (Å²) in [6, 6.07) is 15.1. The van der Waals surface area contributed by atoms with Crippen molar-refractivity contribution in [2.24, 2.45) is 11.3 Å².